The number of nitrogens with zero attached hydrogens (tertiary/aromatic N) is 1. The summed E-state index contributed by atoms with van der Waals surface area (Å²) in [5.41, 5.74) is 2.74. The molecule has 0 saturated carbocycles. The van der Waals surface area contributed by atoms with E-state index in [2.05, 4.69) is 0 Å². The summed E-state index contributed by atoms with van der Waals surface area (Å²) >= 11 is 0. The normalized spacial score (nSPS) is 16.6. The summed E-state index contributed by atoms with van der Waals surface area (Å²) in [5.74, 6) is -0.942. The molecule has 1 atom stereocenters. The molecule has 0 radical (unpaired) electrons. The number of carbonyl (C=O) groups excluding carboxylic acids is 2. The van der Waals surface area contributed by atoms with Crippen molar-refractivity contribution in [3.05, 3.63) is 113 Å². The number of rotatable bonds is 6. The van der Waals surface area contributed by atoms with Crippen molar-refractivity contribution in [1.29, 1.82) is 0 Å². The van der Waals surface area contributed by atoms with Gasteiger partial charge in [-0.3, -0.25) is 9.59 Å². The molecule has 1 aromatic heterocycles. The van der Waals surface area contributed by atoms with Crippen molar-refractivity contribution in [2.75, 3.05) is 0 Å². The van der Waals surface area contributed by atoms with Crippen molar-refractivity contribution in [3.8, 4) is 0 Å². The molecule has 0 bridgehead atoms. The quantitative estimate of drug-likeness (QED) is 0.607. The molecular weight excluding hydrogens is 378 g/mol. The number of aliphatic hydroxyl groups is 1. The van der Waals surface area contributed by atoms with E-state index in [0.29, 0.717) is 5.76 Å². The Morgan fingerprint density at radius 2 is 1.80 bits per heavy atom. The van der Waals surface area contributed by atoms with E-state index in [1.165, 1.54) is 17.2 Å². The second-order valence-corrected chi connectivity index (χ2v) is 7.20. The molecule has 5 heteroatoms. The summed E-state index contributed by atoms with van der Waals surface area (Å²) in [7, 11) is 0. The number of allylic oxidation sites excluding steroid dienone is 1. The zero-order chi connectivity index (χ0) is 21.1. The minimum atomic E-state index is -0.698. The van der Waals surface area contributed by atoms with Crippen molar-refractivity contribution >= 4 is 17.8 Å². The lowest BCUT2D eigenvalue weighted by atomic mass is 9.95. The van der Waals surface area contributed by atoms with Gasteiger partial charge in [-0.05, 0) is 36.3 Å². The molecule has 4 rings (SSSR count). The van der Waals surface area contributed by atoms with Crippen LogP contribution in [-0.4, -0.2) is 21.7 Å². The molecule has 3 aromatic rings. The number of furan rings is 1. The summed E-state index contributed by atoms with van der Waals surface area (Å²) < 4.78 is 5.39. The predicted octanol–water partition coefficient (Wildman–Crippen LogP) is 4.77. The van der Waals surface area contributed by atoms with Crippen LogP contribution in [0.2, 0.25) is 0 Å². The van der Waals surface area contributed by atoms with Crippen molar-refractivity contribution in [2.24, 2.45) is 0 Å². The van der Waals surface area contributed by atoms with E-state index in [1.807, 2.05) is 61.5 Å². The minimum absolute atomic E-state index is 0.0718. The van der Waals surface area contributed by atoms with E-state index >= 15 is 0 Å². The summed E-state index contributed by atoms with van der Waals surface area (Å²) in [6.07, 6.45) is 4.60. The summed E-state index contributed by atoms with van der Waals surface area (Å²) in [4.78, 5) is 27.4. The Balaban J connectivity index is 1.72. The Morgan fingerprint density at radius 3 is 2.47 bits per heavy atom. The van der Waals surface area contributed by atoms with Crippen LogP contribution in [0, 0.1) is 6.92 Å². The Kier molecular flexibility index (Phi) is 5.35. The van der Waals surface area contributed by atoms with Gasteiger partial charge in [-0.2, -0.15) is 0 Å². The predicted molar refractivity (Wildman–Crippen MR) is 113 cm³/mol. The molecule has 5 nitrogen and oxygen atoms in total. The molecule has 1 N–H and O–H groups in total. The van der Waals surface area contributed by atoms with Crippen LogP contribution in [0.5, 0.6) is 0 Å². The van der Waals surface area contributed by atoms with Gasteiger partial charge < -0.3 is 14.4 Å². The molecule has 2 aromatic carbocycles. The number of amides is 1. The maximum absolute atomic E-state index is 13.1. The van der Waals surface area contributed by atoms with Crippen LogP contribution >= 0.6 is 0 Å². The van der Waals surface area contributed by atoms with Crippen LogP contribution in [-0.2, 0) is 16.1 Å². The van der Waals surface area contributed by atoms with Gasteiger partial charge in [0.05, 0.1) is 24.4 Å². The topological polar surface area (TPSA) is 70.8 Å². The Bertz CT molecular complexity index is 1110. The SMILES string of the molecule is Cc1ccc(C2C(C(=O)/C=C/c3ccccc3)=C(O)C(=O)N2Cc2ccco2)cc1. The smallest absolute Gasteiger partial charge is 0.290 e. The molecule has 0 saturated heterocycles. The lowest BCUT2D eigenvalue weighted by Gasteiger charge is -2.26. The molecular formula is C25H21NO4. The number of hydrogen-bond acceptors (Lipinski definition) is 4. The number of benzene rings is 2. The maximum atomic E-state index is 13.1. The third-order valence-electron chi connectivity index (χ3n) is 5.10. The van der Waals surface area contributed by atoms with Crippen LogP contribution in [0.1, 0.15) is 28.5 Å². The highest BCUT2D eigenvalue weighted by Crippen LogP contribution is 2.39. The van der Waals surface area contributed by atoms with E-state index in [9.17, 15) is 14.7 Å². The lowest BCUT2D eigenvalue weighted by molar-refractivity contribution is -0.130. The first-order chi connectivity index (χ1) is 14.5. The van der Waals surface area contributed by atoms with E-state index in [0.717, 1.165) is 16.7 Å². The van der Waals surface area contributed by atoms with Crippen LogP contribution in [0.4, 0.5) is 0 Å². The number of carbonyl (C=O) groups is 2. The minimum Gasteiger partial charge on any atom is -0.503 e. The highest BCUT2D eigenvalue weighted by Gasteiger charge is 2.43. The highest BCUT2D eigenvalue weighted by atomic mass is 16.3. The zero-order valence-electron chi connectivity index (χ0n) is 16.5. The first kappa shape index (κ1) is 19.5. The molecule has 1 amide bonds. The van der Waals surface area contributed by atoms with Crippen molar-refractivity contribution < 1.29 is 19.1 Å². The monoisotopic (exact) mass is 399 g/mol. The van der Waals surface area contributed by atoms with Gasteiger partial charge in [-0.1, -0.05) is 66.2 Å². The molecule has 0 fully saturated rings. The number of aliphatic hydroxyl groups excluding tert-OH is 1. The fraction of sp³-hybridized carbons (Fsp3) is 0.120. The van der Waals surface area contributed by atoms with E-state index in [4.69, 9.17) is 4.42 Å². The standard InChI is InChI=1S/C25H21NO4/c1-17-9-12-19(13-10-17)23-22(21(27)14-11-18-6-3-2-4-7-18)24(28)25(29)26(23)16-20-8-5-15-30-20/h2-15,23,28H,16H2,1H3/b14-11+. The average Bonchev–Trinajstić information content (AvgIpc) is 3.36. The van der Waals surface area contributed by atoms with E-state index in [-0.39, 0.29) is 12.1 Å². The summed E-state index contributed by atoms with van der Waals surface area (Å²) in [6.45, 7) is 2.11. The Morgan fingerprint density at radius 1 is 1.07 bits per heavy atom. The highest BCUT2D eigenvalue weighted by molar-refractivity contribution is 6.14. The Labute approximate surface area is 174 Å². The maximum Gasteiger partial charge on any atom is 0.290 e. The van der Waals surface area contributed by atoms with Crippen LogP contribution < -0.4 is 0 Å². The first-order valence-corrected chi connectivity index (χ1v) is 9.65. The summed E-state index contributed by atoms with van der Waals surface area (Å²) in [6, 6.07) is 19.8. The zero-order valence-corrected chi connectivity index (χ0v) is 16.5. The van der Waals surface area contributed by atoms with Crippen LogP contribution in [0.25, 0.3) is 6.08 Å². The molecule has 2 heterocycles. The van der Waals surface area contributed by atoms with Crippen molar-refractivity contribution in [1.82, 2.24) is 4.90 Å². The largest absolute Gasteiger partial charge is 0.503 e. The molecule has 30 heavy (non-hydrogen) atoms. The van der Waals surface area contributed by atoms with Gasteiger partial charge in [0.25, 0.3) is 5.91 Å². The van der Waals surface area contributed by atoms with Gasteiger partial charge in [0.1, 0.15) is 5.76 Å². The molecule has 0 aliphatic carbocycles. The van der Waals surface area contributed by atoms with Gasteiger partial charge in [0, 0.05) is 0 Å². The number of aryl methyl sites for hydroxylation is 1. The van der Waals surface area contributed by atoms with E-state index in [1.54, 1.807) is 18.2 Å². The number of ketones is 1. The molecule has 1 aliphatic heterocycles. The molecule has 0 spiro atoms. The van der Waals surface area contributed by atoms with Gasteiger partial charge in [0.2, 0.25) is 0 Å². The third-order valence-corrected chi connectivity index (χ3v) is 5.10. The molecule has 150 valence electrons. The van der Waals surface area contributed by atoms with E-state index < -0.39 is 23.5 Å². The second kappa shape index (κ2) is 8.25. The number of hydrogen-bond donors (Lipinski definition) is 1. The second-order valence-electron chi connectivity index (χ2n) is 7.20. The summed E-state index contributed by atoms with van der Waals surface area (Å²) in [5, 5.41) is 10.6. The fourth-order valence-corrected chi connectivity index (χ4v) is 3.56. The van der Waals surface area contributed by atoms with Crippen molar-refractivity contribution in [2.45, 2.75) is 19.5 Å². The van der Waals surface area contributed by atoms with Gasteiger partial charge >= 0.3 is 0 Å². The fourth-order valence-electron chi connectivity index (χ4n) is 3.56. The van der Waals surface area contributed by atoms with Gasteiger partial charge in [-0.15, -0.1) is 0 Å². The van der Waals surface area contributed by atoms with Crippen molar-refractivity contribution in [3.63, 3.8) is 0 Å². The van der Waals surface area contributed by atoms with Gasteiger partial charge in [0.15, 0.2) is 11.5 Å². The molecule has 1 unspecified atom stereocenters. The van der Waals surface area contributed by atoms with Gasteiger partial charge in [-0.25, -0.2) is 0 Å². The Hall–Kier alpha value is -3.86. The third kappa shape index (κ3) is 3.82. The first-order valence-electron chi connectivity index (χ1n) is 9.65. The van der Waals surface area contributed by atoms with Crippen LogP contribution in [0.15, 0.2) is 94.8 Å². The molecule has 1 aliphatic rings. The van der Waals surface area contributed by atoms with Crippen LogP contribution in [0.3, 0.4) is 0 Å². The average molecular weight is 399 g/mol. The lowest BCUT2D eigenvalue weighted by Crippen LogP contribution is -2.30.